The van der Waals surface area contributed by atoms with Gasteiger partial charge in [0.05, 0.1) is 21.3 Å². The van der Waals surface area contributed by atoms with E-state index in [0.29, 0.717) is 21.3 Å². The Kier molecular flexibility index (Phi) is 7.97. The first kappa shape index (κ1) is 25.7. The predicted molar refractivity (Wildman–Crippen MR) is 150 cm³/mol. The highest BCUT2D eigenvalue weighted by atomic mass is 35.5. The van der Waals surface area contributed by atoms with Crippen LogP contribution >= 0.6 is 23.2 Å². The lowest BCUT2D eigenvalue weighted by atomic mass is 9.93. The summed E-state index contributed by atoms with van der Waals surface area (Å²) in [6.07, 6.45) is 7.80. The largest absolute Gasteiger partial charge is 0.489 e. The average Bonchev–Trinajstić information content (AvgIpc) is 3.27. The molecule has 4 nitrogen and oxygen atoms in total. The van der Waals surface area contributed by atoms with Crippen LogP contribution < -0.4 is 4.74 Å². The third kappa shape index (κ3) is 5.40. The van der Waals surface area contributed by atoms with Crippen LogP contribution in [0.3, 0.4) is 0 Å². The number of aromatic nitrogens is 1. The van der Waals surface area contributed by atoms with Gasteiger partial charge in [0.15, 0.2) is 0 Å². The molecular weight excluding hydrogens is 491 g/mol. The number of nitrogens with zero attached hydrogens (tertiary/aromatic N) is 2. The van der Waals surface area contributed by atoms with Crippen molar-refractivity contribution in [1.82, 2.24) is 5.16 Å². The molecule has 0 bridgehead atoms. The summed E-state index contributed by atoms with van der Waals surface area (Å²) in [7, 11) is 0. The van der Waals surface area contributed by atoms with Crippen LogP contribution in [0.5, 0.6) is 5.75 Å². The van der Waals surface area contributed by atoms with Crippen molar-refractivity contribution < 1.29 is 9.26 Å². The van der Waals surface area contributed by atoms with Crippen LogP contribution in [0, 0.1) is 0 Å². The third-order valence-corrected chi connectivity index (χ3v) is 6.51. The van der Waals surface area contributed by atoms with Crippen LogP contribution in [0.15, 0.2) is 94.1 Å². The first-order chi connectivity index (χ1) is 17.3. The van der Waals surface area contributed by atoms with Crippen molar-refractivity contribution >= 4 is 34.5 Å². The molecule has 0 amide bonds. The maximum atomic E-state index is 6.46. The zero-order chi connectivity index (χ0) is 25.8. The molecule has 1 aromatic heterocycles. The van der Waals surface area contributed by atoms with E-state index in [9.17, 15) is 0 Å². The van der Waals surface area contributed by atoms with Gasteiger partial charge >= 0.3 is 0 Å². The summed E-state index contributed by atoms with van der Waals surface area (Å²) in [5.41, 5.74) is 7.50. The molecule has 0 spiro atoms. The monoisotopic (exact) mass is 518 g/mol. The van der Waals surface area contributed by atoms with E-state index >= 15 is 0 Å². The van der Waals surface area contributed by atoms with Gasteiger partial charge in [-0.25, -0.2) is 0 Å². The summed E-state index contributed by atoms with van der Waals surface area (Å²) in [4.78, 5) is 4.38. The number of aliphatic imine (C=N–C) groups is 1. The highest BCUT2D eigenvalue weighted by molar-refractivity contribution is 6.39. The molecule has 0 saturated carbocycles. The Morgan fingerprint density at radius 2 is 1.78 bits per heavy atom. The second-order valence-electron chi connectivity index (χ2n) is 8.98. The number of hydrogen-bond acceptors (Lipinski definition) is 4. The Hall–Kier alpha value is -3.34. The molecule has 0 N–H and O–H groups in total. The van der Waals surface area contributed by atoms with Crippen molar-refractivity contribution in [2.75, 3.05) is 0 Å². The van der Waals surface area contributed by atoms with Gasteiger partial charge in [-0.2, -0.15) is 0 Å². The molecule has 1 aliphatic carbocycles. The maximum absolute atomic E-state index is 6.46. The minimum Gasteiger partial charge on any atom is -0.489 e. The average molecular weight is 519 g/mol. The molecule has 0 unspecified atom stereocenters. The van der Waals surface area contributed by atoms with E-state index in [0.717, 1.165) is 39.5 Å². The van der Waals surface area contributed by atoms with Crippen molar-refractivity contribution in [2.24, 2.45) is 4.99 Å². The topological polar surface area (TPSA) is 47.6 Å². The molecule has 0 aliphatic heterocycles. The van der Waals surface area contributed by atoms with E-state index < -0.39 is 0 Å². The van der Waals surface area contributed by atoms with E-state index in [1.165, 1.54) is 5.57 Å². The Balaban J connectivity index is 1.58. The standard InChI is InChI=1S/C30H28Cl2N2O2/c1-6-33-27-15-12-21(16-23(27)18(2)3)20-10-13-22(14-11-20)35-17-24-29(34-36-30(24)19(4)5)28-25(31)8-7-9-26(28)32/h6-16,19H,1,17H2,2-5H3. The van der Waals surface area contributed by atoms with Gasteiger partial charge in [0.1, 0.15) is 23.8 Å². The van der Waals surface area contributed by atoms with Crippen molar-refractivity contribution in [3.05, 3.63) is 112 Å². The lowest BCUT2D eigenvalue weighted by molar-refractivity contribution is 0.298. The van der Waals surface area contributed by atoms with E-state index in [2.05, 4.69) is 42.7 Å². The Morgan fingerprint density at radius 1 is 1.08 bits per heavy atom. The lowest BCUT2D eigenvalue weighted by Gasteiger charge is -2.14. The van der Waals surface area contributed by atoms with Gasteiger partial charge in [-0.1, -0.05) is 78.6 Å². The van der Waals surface area contributed by atoms with Crippen molar-refractivity contribution in [3.8, 4) is 17.0 Å². The van der Waals surface area contributed by atoms with E-state index in [1.807, 2.05) is 44.2 Å². The smallest absolute Gasteiger partial charge is 0.146 e. The first-order valence-corrected chi connectivity index (χ1v) is 12.5. The minimum absolute atomic E-state index is 0.123. The van der Waals surface area contributed by atoms with Gasteiger partial charge in [-0.05, 0) is 67.0 Å². The fraction of sp³-hybridized carbons (Fsp3) is 0.200. The molecule has 1 aliphatic rings. The maximum Gasteiger partial charge on any atom is 0.146 e. The lowest BCUT2D eigenvalue weighted by Crippen LogP contribution is -2.04. The summed E-state index contributed by atoms with van der Waals surface area (Å²) >= 11 is 12.9. The Bertz CT molecular complexity index is 1380. The highest BCUT2D eigenvalue weighted by Crippen LogP contribution is 2.39. The number of rotatable bonds is 7. The van der Waals surface area contributed by atoms with Gasteiger partial charge in [0.2, 0.25) is 0 Å². The second-order valence-corrected chi connectivity index (χ2v) is 9.80. The van der Waals surface area contributed by atoms with E-state index in [-0.39, 0.29) is 12.5 Å². The van der Waals surface area contributed by atoms with Crippen LogP contribution in [0.25, 0.3) is 16.8 Å². The zero-order valence-corrected chi connectivity index (χ0v) is 22.3. The molecule has 4 rings (SSSR count). The molecular formula is C30H28Cl2N2O2. The number of hydrogen-bond donors (Lipinski definition) is 0. The fourth-order valence-corrected chi connectivity index (χ4v) is 4.64. The van der Waals surface area contributed by atoms with Gasteiger partial charge < -0.3 is 9.26 Å². The number of benzene rings is 2. The van der Waals surface area contributed by atoms with Crippen LogP contribution in [0.2, 0.25) is 10.0 Å². The molecule has 6 heteroatoms. The molecule has 0 saturated heterocycles. The number of allylic oxidation sites excluding steroid dienone is 6. The van der Waals surface area contributed by atoms with Gasteiger partial charge in [-0.15, -0.1) is 0 Å². The third-order valence-electron chi connectivity index (χ3n) is 5.88. The normalized spacial score (nSPS) is 14.4. The Morgan fingerprint density at radius 3 is 2.39 bits per heavy atom. The van der Waals surface area contributed by atoms with Crippen LogP contribution in [0.4, 0.5) is 0 Å². The summed E-state index contributed by atoms with van der Waals surface area (Å²) in [5.74, 6) is 1.61. The summed E-state index contributed by atoms with van der Waals surface area (Å²) in [6.45, 7) is 12.3. The van der Waals surface area contributed by atoms with Crippen molar-refractivity contribution in [3.63, 3.8) is 0 Å². The van der Waals surface area contributed by atoms with Crippen LogP contribution in [-0.2, 0) is 6.61 Å². The highest BCUT2D eigenvalue weighted by Gasteiger charge is 2.24. The zero-order valence-electron chi connectivity index (χ0n) is 20.8. The fourth-order valence-electron chi connectivity index (χ4n) is 4.06. The number of halogens is 2. The molecule has 2 aromatic carbocycles. The van der Waals surface area contributed by atoms with E-state index in [4.69, 9.17) is 32.5 Å². The van der Waals surface area contributed by atoms with Gasteiger partial charge in [-0.3, -0.25) is 4.99 Å². The molecule has 3 aromatic rings. The van der Waals surface area contributed by atoms with Gasteiger partial charge in [0.25, 0.3) is 0 Å². The molecule has 36 heavy (non-hydrogen) atoms. The quantitative estimate of drug-likeness (QED) is 0.313. The van der Waals surface area contributed by atoms with Gasteiger partial charge in [0, 0.05) is 17.7 Å². The van der Waals surface area contributed by atoms with Crippen LogP contribution in [-0.4, -0.2) is 10.9 Å². The Labute approximate surface area is 222 Å². The molecule has 0 fully saturated rings. The predicted octanol–water partition coefficient (Wildman–Crippen LogP) is 9.22. The second kappa shape index (κ2) is 11.2. The number of ether oxygens (including phenoxy) is 1. The summed E-state index contributed by atoms with van der Waals surface area (Å²) in [6, 6.07) is 13.4. The molecule has 0 radical (unpaired) electrons. The molecule has 184 valence electrons. The first-order valence-electron chi connectivity index (χ1n) is 11.7. The molecule has 1 heterocycles. The summed E-state index contributed by atoms with van der Waals surface area (Å²) in [5, 5.41) is 5.33. The van der Waals surface area contributed by atoms with Crippen molar-refractivity contribution in [1.29, 1.82) is 0 Å². The van der Waals surface area contributed by atoms with E-state index in [1.54, 1.807) is 24.4 Å². The summed E-state index contributed by atoms with van der Waals surface area (Å²) < 4.78 is 11.9. The SMILES string of the molecule is C=CN=C1C=CC(c2ccc(OCc3c(-c4c(Cl)cccc4Cl)noc3C(C)C)cc2)=CC1=C(C)C. The minimum atomic E-state index is 0.123. The van der Waals surface area contributed by atoms with Crippen molar-refractivity contribution in [2.45, 2.75) is 40.2 Å². The van der Waals surface area contributed by atoms with Crippen LogP contribution in [0.1, 0.15) is 50.5 Å². The molecule has 0 atom stereocenters.